The summed E-state index contributed by atoms with van der Waals surface area (Å²) in [5.41, 5.74) is 2.56. The van der Waals surface area contributed by atoms with Crippen molar-refractivity contribution >= 4 is 39.7 Å². The van der Waals surface area contributed by atoms with Crippen molar-refractivity contribution in [2.45, 2.75) is 0 Å². The second-order valence-corrected chi connectivity index (χ2v) is 9.76. The fourth-order valence-corrected chi connectivity index (χ4v) is 4.88. The number of hydrogen-bond donors (Lipinski definition) is 0. The van der Waals surface area contributed by atoms with Crippen molar-refractivity contribution in [3.8, 4) is 5.75 Å². The van der Waals surface area contributed by atoms with E-state index in [1.54, 1.807) is 23.1 Å². The molecule has 0 aliphatic carbocycles. The molecule has 8 heteroatoms. The van der Waals surface area contributed by atoms with Gasteiger partial charge in [-0.3, -0.25) is 4.79 Å². The number of carbonyl (C=O) groups is 1. The maximum absolute atomic E-state index is 12.6. The fourth-order valence-electron chi connectivity index (χ4n) is 3.52. The molecule has 0 aromatic heterocycles. The molecule has 0 saturated carbocycles. The third kappa shape index (κ3) is 5.48. The Morgan fingerprint density at radius 2 is 1.75 bits per heavy atom. The van der Waals surface area contributed by atoms with Gasteiger partial charge >= 0.3 is 0 Å². The lowest BCUT2D eigenvalue weighted by atomic mass is 10.1. The number of piperazine rings is 1. The molecule has 1 amide bonds. The summed E-state index contributed by atoms with van der Waals surface area (Å²) >= 11 is 6.03. The van der Waals surface area contributed by atoms with Gasteiger partial charge in [0, 0.05) is 48.2 Å². The Hall–Kier alpha value is -2.87. The number of carbonyl (C=O) groups excluding carboxylic acids is 1. The van der Waals surface area contributed by atoms with Crippen LogP contribution in [0.2, 0.25) is 5.02 Å². The standard InChI is InChI=1S/C24H23ClN2O4S/c25-22-7-8-23-21(17-22)16-20(18-31-23)6-9-24(28)26-11-13-27(14-12-26)32(29,30)15-10-19-4-2-1-3-5-19/h1-10,15-17H,11-14,18H2/b9-6+,15-10+. The molecule has 0 atom stereocenters. The quantitative estimate of drug-likeness (QED) is 0.623. The van der Waals surface area contributed by atoms with E-state index in [9.17, 15) is 13.2 Å². The molecule has 2 aliphatic rings. The first kappa shape index (κ1) is 22.3. The van der Waals surface area contributed by atoms with Crippen LogP contribution in [0.25, 0.3) is 12.2 Å². The minimum atomic E-state index is -3.53. The summed E-state index contributed by atoms with van der Waals surface area (Å²) < 4.78 is 32.3. The van der Waals surface area contributed by atoms with Crippen LogP contribution in [0.15, 0.2) is 71.7 Å². The molecular formula is C24H23ClN2O4S. The zero-order chi connectivity index (χ0) is 22.6. The summed E-state index contributed by atoms with van der Waals surface area (Å²) in [6.45, 7) is 1.58. The fraction of sp³-hybridized carbons (Fsp3) is 0.208. The number of ether oxygens (including phenoxy) is 1. The van der Waals surface area contributed by atoms with Crippen molar-refractivity contribution in [1.29, 1.82) is 0 Å². The first-order chi connectivity index (χ1) is 15.4. The van der Waals surface area contributed by atoms with Crippen LogP contribution in [0.4, 0.5) is 0 Å². The number of amides is 1. The van der Waals surface area contributed by atoms with Gasteiger partial charge in [-0.25, -0.2) is 8.42 Å². The molecule has 2 aliphatic heterocycles. The summed E-state index contributed by atoms with van der Waals surface area (Å²) in [5.74, 6) is 0.608. The van der Waals surface area contributed by atoms with E-state index in [0.29, 0.717) is 24.7 Å². The monoisotopic (exact) mass is 470 g/mol. The zero-order valence-electron chi connectivity index (χ0n) is 17.4. The highest BCUT2D eigenvalue weighted by atomic mass is 35.5. The lowest BCUT2D eigenvalue weighted by Crippen LogP contribution is -2.49. The molecule has 0 radical (unpaired) electrons. The predicted octanol–water partition coefficient (Wildman–Crippen LogP) is 3.82. The van der Waals surface area contributed by atoms with Gasteiger partial charge in [-0.1, -0.05) is 48.0 Å². The molecule has 1 saturated heterocycles. The van der Waals surface area contributed by atoms with Gasteiger partial charge in [-0.05, 0) is 41.5 Å². The molecule has 2 aromatic rings. The van der Waals surface area contributed by atoms with Gasteiger partial charge in [0.25, 0.3) is 0 Å². The van der Waals surface area contributed by atoms with Crippen molar-refractivity contribution in [2.24, 2.45) is 0 Å². The maximum Gasteiger partial charge on any atom is 0.246 e. The highest BCUT2D eigenvalue weighted by Gasteiger charge is 2.26. The lowest BCUT2D eigenvalue weighted by Gasteiger charge is -2.32. The Kier molecular flexibility index (Phi) is 6.79. The highest BCUT2D eigenvalue weighted by molar-refractivity contribution is 7.92. The van der Waals surface area contributed by atoms with E-state index in [1.807, 2.05) is 48.5 Å². The van der Waals surface area contributed by atoms with Gasteiger partial charge in [0.1, 0.15) is 12.4 Å². The minimum absolute atomic E-state index is 0.153. The first-order valence-electron chi connectivity index (χ1n) is 10.2. The molecule has 2 aromatic carbocycles. The summed E-state index contributed by atoms with van der Waals surface area (Å²) in [5, 5.41) is 1.84. The van der Waals surface area contributed by atoms with E-state index < -0.39 is 10.0 Å². The topological polar surface area (TPSA) is 66.9 Å². The summed E-state index contributed by atoms with van der Waals surface area (Å²) in [4.78, 5) is 14.2. The third-order valence-corrected chi connectivity index (χ3v) is 7.09. The number of nitrogens with zero attached hydrogens (tertiary/aromatic N) is 2. The highest BCUT2D eigenvalue weighted by Crippen LogP contribution is 2.29. The Morgan fingerprint density at radius 3 is 2.50 bits per heavy atom. The number of rotatable bonds is 5. The summed E-state index contributed by atoms with van der Waals surface area (Å²) in [6, 6.07) is 14.7. The van der Waals surface area contributed by atoms with E-state index >= 15 is 0 Å². The van der Waals surface area contributed by atoms with Gasteiger partial charge < -0.3 is 9.64 Å². The predicted molar refractivity (Wildman–Crippen MR) is 127 cm³/mol. The SMILES string of the molecule is O=C(/C=C/C1=Cc2cc(Cl)ccc2OC1)N1CCN(S(=O)(=O)/C=C/c2ccccc2)CC1. The smallest absolute Gasteiger partial charge is 0.246 e. The second-order valence-electron chi connectivity index (χ2n) is 7.51. The zero-order valence-corrected chi connectivity index (χ0v) is 18.9. The van der Waals surface area contributed by atoms with Crippen LogP contribution < -0.4 is 4.74 Å². The van der Waals surface area contributed by atoms with Crippen LogP contribution in [0.5, 0.6) is 5.75 Å². The summed E-state index contributed by atoms with van der Waals surface area (Å²) in [6.07, 6.45) is 6.76. The molecule has 6 nitrogen and oxygen atoms in total. The average molecular weight is 471 g/mol. The second kappa shape index (κ2) is 9.73. The Bertz CT molecular complexity index is 1180. The minimum Gasteiger partial charge on any atom is -0.488 e. The van der Waals surface area contributed by atoms with Crippen molar-refractivity contribution < 1.29 is 17.9 Å². The number of sulfonamides is 1. The van der Waals surface area contributed by atoms with E-state index in [0.717, 1.165) is 22.4 Å². The van der Waals surface area contributed by atoms with Gasteiger partial charge in [0.15, 0.2) is 0 Å². The number of halogens is 1. The largest absolute Gasteiger partial charge is 0.488 e. The maximum atomic E-state index is 12.6. The number of fused-ring (bicyclic) bond motifs is 1. The van der Waals surface area contributed by atoms with Gasteiger partial charge in [-0.15, -0.1) is 0 Å². The Balaban J connectivity index is 1.33. The van der Waals surface area contributed by atoms with E-state index in [-0.39, 0.29) is 19.0 Å². The van der Waals surface area contributed by atoms with Crippen molar-refractivity contribution in [3.05, 3.63) is 87.8 Å². The lowest BCUT2D eigenvalue weighted by molar-refractivity contribution is -0.127. The molecule has 4 rings (SSSR count). The molecule has 166 valence electrons. The number of benzene rings is 2. The van der Waals surface area contributed by atoms with Gasteiger partial charge in [0.2, 0.25) is 15.9 Å². The molecule has 32 heavy (non-hydrogen) atoms. The molecule has 1 fully saturated rings. The van der Waals surface area contributed by atoms with Crippen LogP contribution >= 0.6 is 11.6 Å². The molecule has 0 unspecified atom stereocenters. The van der Waals surface area contributed by atoms with E-state index in [1.165, 1.54) is 15.8 Å². The van der Waals surface area contributed by atoms with Crippen LogP contribution in [-0.4, -0.2) is 56.3 Å². The van der Waals surface area contributed by atoms with Crippen LogP contribution in [0.1, 0.15) is 11.1 Å². The normalized spacial score (nSPS) is 17.3. The third-order valence-electron chi connectivity index (χ3n) is 5.29. The Labute approximate surface area is 193 Å². The van der Waals surface area contributed by atoms with Gasteiger partial charge in [-0.2, -0.15) is 4.31 Å². The van der Waals surface area contributed by atoms with Crippen LogP contribution in [0.3, 0.4) is 0 Å². The molecule has 0 spiro atoms. The van der Waals surface area contributed by atoms with E-state index in [2.05, 4.69) is 0 Å². The Morgan fingerprint density at radius 1 is 1.00 bits per heavy atom. The average Bonchev–Trinajstić information content (AvgIpc) is 2.81. The van der Waals surface area contributed by atoms with Crippen molar-refractivity contribution in [1.82, 2.24) is 9.21 Å². The first-order valence-corrected chi connectivity index (χ1v) is 12.1. The molecule has 0 bridgehead atoms. The number of hydrogen-bond acceptors (Lipinski definition) is 4. The molecule has 2 heterocycles. The van der Waals surface area contributed by atoms with Crippen molar-refractivity contribution in [3.63, 3.8) is 0 Å². The van der Waals surface area contributed by atoms with E-state index in [4.69, 9.17) is 16.3 Å². The summed E-state index contributed by atoms with van der Waals surface area (Å²) in [7, 11) is -3.53. The van der Waals surface area contributed by atoms with Crippen LogP contribution in [-0.2, 0) is 14.8 Å². The van der Waals surface area contributed by atoms with Crippen molar-refractivity contribution in [2.75, 3.05) is 32.8 Å². The van der Waals surface area contributed by atoms with Crippen LogP contribution in [0, 0.1) is 0 Å². The van der Waals surface area contributed by atoms with Gasteiger partial charge in [0.05, 0.1) is 0 Å². The molecule has 0 N–H and O–H groups in total. The molecular weight excluding hydrogens is 448 g/mol.